The predicted molar refractivity (Wildman–Crippen MR) is 96.6 cm³/mol. The largest absolute Gasteiger partial charge is 0.522 e. The topological polar surface area (TPSA) is 54.4 Å². The molecule has 0 radical (unpaired) electrons. The zero-order chi connectivity index (χ0) is 18.9. The van der Waals surface area contributed by atoms with Crippen molar-refractivity contribution < 1.29 is 26.1 Å². The van der Waals surface area contributed by atoms with Crippen molar-refractivity contribution in [3.05, 3.63) is 72.8 Å². The molecular formula is C19H13F3O3S. The highest BCUT2D eigenvalue weighted by Crippen LogP contribution is 2.34. The van der Waals surface area contributed by atoms with Crippen molar-refractivity contribution in [1.29, 1.82) is 0 Å². The normalized spacial score (nSPS) is 12.2. The van der Waals surface area contributed by atoms with E-state index in [0.717, 1.165) is 0 Å². The molecular weight excluding hydrogens is 365 g/mol. The molecule has 134 valence electrons. The molecule has 0 aliphatic carbocycles. The van der Waals surface area contributed by atoms with Gasteiger partial charge < -0.3 is 0 Å². The third-order valence-corrected chi connectivity index (χ3v) is 4.53. The average Bonchev–Trinajstić information content (AvgIpc) is 2.61. The molecule has 0 heterocycles. The summed E-state index contributed by atoms with van der Waals surface area (Å²) in [5.74, 6) is 0. The minimum Gasteiger partial charge on any atom is -0.279 e. The lowest BCUT2D eigenvalue weighted by atomic mass is 9.95. The number of alkyl halides is 3. The summed E-state index contributed by atoms with van der Waals surface area (Å²) in [6, 6.07) is 26.0. The van der Waals surface area contributed by atoms with Crippen LogP contribution in [0.2, 0.25) is 0 Å². The average molecular weight is 378 g/mol. The molecule has 0 atom stereocenters. The maximum Gasteiger partial charge on any atom is 0.522 e. The number of hydrogen-bond acceptors (Lipinski definition) is 2. The van der Waals surface area contributed by atoms with E-state index in [-0.39, 0.29) is 0 Å². The molecule has 4 aromatic carbocycles. The Morgan fingerprint density at radius 1 is 0.577 bits per heavy atom. The van der Waals surface area contributed by atoms with Crippen molar-refractivity contribution in [3.8, 4) is 0 Å². The van der Waals surface area contributed by atoms with Crippen LogP contribution in [0.3, 0.4) is 0 Å². The Morgan fingerprint density at radius 3 is 0.846 bits per heavy atom. The van der Waals surface area contributed by atoms with E-state index in [1.807, 2.05) is 0 Å². The van der Waals surface area contributed by atoms with Crippen LogP contribution < -0.4 is 0 Å². The molecule has 1 N–H and O–H groups in total. The predicted octanol–water partition coefficient (Wildman–Crippen LogP) is 5.54. The molecule has 3 nitrogen and oxygen atoms in total. The maximum absolute atomic E-state index is 10.7. The van der Waals surface area contributed by atoms with Crippen LogP contribution in [0.5, 0.6) is 0 Å². The van der Waals surface area contributed by atoms with Crippen LogP contribution in [-0.2, 0) is 10.1 Å². The molecule has 0 bridgehead atoms. The van der Waals surface area contributed by atoms with Crippen molar-refractivity contribution in [3.63, 3.8) is 0 Å². The van der Waals surface area contributed by atoms with Crippen molar-refractivity contribution in [2.75, 3.05) is 0 Å². The first kappa shape index (κ1) is 18.2. The number of hydrogen-bond donors (Lipinski definition) is 1. The first-order valence-electron chi connectivity index (χ1n) is 7.52. The highest BCUT2D eigenvalue weighted by molar-refractivity contribution is 7.86. The monoisotopic (exact) mass is 378 g/mol. The Balaban J connectivity index is 0.000000211. The molecule has 4 rings (SSSR count). The highest BCUT2D eigenvalue weighted by Gasteiger charge is 2.44. The third kappa shape index (κ3) is 3.36. The van der Waals surface area contributed by atoms with Gasteiger partial charge in [0.2, 0.25) is 0 Å². The van der Waals surface area contributed by atoms with Gasteiger partial charge in [0.1, 0.15) is 0 Å². The number of benzene rings is 4. The van der Waals surface area contributed by atoms with E-state index in [0.29, 0.717) is 0 Å². The Labute approximate surface area is 147 Å². The number of halogens is 3. The zero-order valence-corrected chi connectivity index (χ0v) is 14.1. The third-order valence-electron chi connectivity index (χ3n) is 3.94. The van der Waals surface area contributed by atoms with Crippen LogP contribution in [0, 0.1) is 0 Å². The molecule has 4 aromatic rings. The second kappa shape index (κ2) is 6.59. The van der Waals surface area contributed by atoms with E-state index in [2.05, 4.69) is 72.8 Å². The van der Waals surface area contributed by atoms with Gasteiger partial charge in [-0.25, -0.2) is 0 Å². The Bertz CT molecular complexity index is 978. The van der Waals surface area contributed by atoms with Gasteiger partial charge in [-0.15, -0.1) is 0 Å². The van der Waals surface area contributed by atoms with Gasteiger partial charge in [0, 0.05) is 0 Å². The molecule has 0 unspecified atom stereocenters. The molecule has 0 aliphatic rings. The zero-order valence-electron chi connectivity index (χ0n) is 13.2. The molecule has 0 aliphatic heterocycles. The van der Waals surface area contributed by atoms with Crippen LogP contribution in [0.1, 0.15) is 0 Å². The summed E-state index contributed by atoms with van der Waals surface area (Å²) in [5, 5.41) is 8.04. The van der Waals surface area contributed by atoms with Crippen LogP contribution in [0.15, 0.2) is 72.8 Å². The summed E-state index contributed by atoms with van der Waals surface area (Å²) in [4.78, 5) is 0. The summed E-state index contributed by atoms with van der Waals surface area (Å²) in [6.45, 7) is 0. The molecule has 0 saturated heterocycles. The van der Waals surface area contributed by atoms with E-state index in [9.17, 15) is 13.2 Å². The lowest BCUT2D eigenvalue weighted by molar-refractivity contribution is -0.0510. The summed E-state index contributed by atoms with van der Waals surface area (Å²) in [7, 11) is -5.84. The molecule has 0 aromatic heterocycles. The van der Waals surface area contributed by atoms with E-state index in [1.54, 1.807) is 0 Å². The Hall–Kier alpha value is -2.64. The van der Waals surface area contributed by atoms with Gasteiger partial charge in [-0.3, -0.25) is 4.55 Å². The molecule has 0 spiro atoms. The van der Waals surface area contributed by atoms with Crippen molar-refractivity contribution in [2.24, 2.45) is 0 Å². The van der Waals surface area contributed by atoms with Gasteiger partial charge in [0.05, 0.1) is 0 Å². The van der Waals surface area contributed by atoms with Crippen LogP contribution in [0.4, 0.5) is 13.2 Å². The lowest BCUT2D eigenvalue weighted by Crippen LogP contribution is -2.21. The van der Waals surface area contributed by atoms with E-state index in [4.69, 9.17) is 13.0 Å². The van der Waals surface area contributed by atoms with Crippen LogP contribution >= 0.6 is 0 Å². The number of fused-ring (bicyclic) bond motifs is 6. The van der Waals surface area contributed by atoms with E-state index in [1.165, 1.54) is 32.3 Å². The van der Waals surface area contributed by atoms with Gasteiger partial charge in [0.15, 0.2) is 0 Å². The van der Waals surface area contributed by atoms with Crippen LogP contribution in [0.25, 0.3) is 32.3 Å². The summed E-state index contributed by atoms with van der Waals surface area (Å²) >= 11 is 0. The molecule has 7 heteroatoms. The maximum atomic E-state index is 10.7. The first-order chi connectivity index (χ1) is 12.2. The lowest BCUT2D eigenvalue weighted by Gasteiger charge is -2.09. The van der Waals surface area contributed by atoms with Gasteiger partial charge in [-0.05, 0) is 32.3 Å². The van der Waals surface area contributed by atoms with Crippen molar-refractivity contribution >= 4 is 42.4 Å². The first-order valence-corrected chi connectivity index (χ1v) is 8.96. The summed E-state index contributed by atoms with van der Waals surface area (Å²) < 4.78 is 57.5. The fraction of sp³-hybridized carbons (Fsp3) is 0.0526. The molecule has 0 fully saturated rings. The molecule has 26 heavy (non-hydrogen) atoms. The van der Waals surface area contributed by atoms with Gasteiger partial charge in [0.25, 0.3) is 0 Å². The van der Waals surface area contributed by atoms with Crippen molar-refractivity contribution in [2.45, 2.75) is 5.51 Å². The van der Waals surface area contributed by atoms with Crippen LogP contribution in [-0.4, -0.2) is 18.5 Å². The minimum atomic E-state index is -5.84. The van der Waals surface area contributed by atoms with Crippen molar-refractivity contribution in [1.82, 2.24) is 0 Å². The van der Waals surface area contributed by atoms with Gasteiger partial charge >= 0.3 is 15.6 Å². The van der Waals surface area contributed by atoms with Gasteiger partial charge in [-0.2, -0.15) is 21.6 Å². The standard InChI is InChI=1S/C18H12.CHF3O3S/c1-2-8-14-13(7-1)15-9-3-4-11-17(15)18-12-6-5-10-16(14)18;2-1(3,4)8(5,6)7/h1-12H;(H,5,6,7). The molecule has 0 saturated carbocycles. The summed E-state index contributed by atoms with van der Waals surface area (Å²) in [5.41, 5.74) is -5.53. The fourth-order valence-electron chi connectivity index (χ4n) is 2.86. The quantitative estimate of drug-likeness (QED) is 0.248. The van der Waals surface area contributed by atoms with E-state index < -0.39 is 15.6 Å². The second-order valence-electron chi connectivity index (χ2n) is 5.56. The molecule has 0 amide bonds. The smallest absolute Gasteiger partial charge is 0.279 e. The fourth-order valence-corrected chi connectivity index (χ4v) is 2.86. The number of rotatable bonds is 0. The summed E-state index contributed by atoms with van der Waals surface area (Å²) in [6.07, 6.45) is 0. The highest BCUT2D eigenvalue weighted by atomic mass is 32.2. The Kier molecular flexibility index (Phi) is 4.60. The minimum absolute atomic E-state index is 1.34. The second-order valence-corrected chi connectivity index (χ2v) is 6.97. The van der Waals surface area contributed by atoms with Gasteiger partial charge in [-0.1, -0.05) is 72.8 Å². The Morgan fingerprint density at radius 2 is 0.731 bits per heavy atom. The SMILES string of the molecule is O=S(=O)(O)C(F)(F)F.c1ccc2c(c1)c1ccccc1c1ccccc21. The van der Waals surface area contributed by atoms with E-state index >= 15 is 0 Å².